The SMILES string of the molecule is COCCCSCCS(=O)(=O)c1cccc(C(=O)O)c1. The molecule has 1 rings (SSSR count). The van der Waals surface area contributed by atoms with Crippen LogP contribution in [-0.2, 0) is 14.6 Å². The normalized spacial score (nSPS) is 11.4. The maximum atomic E-state index is 12.1. The Hall–Kier alpha value is -1.05. The summed E-state index contributed by atoms with van der Waals surface area (Å²) in [4.78, 5) is 10.9. The Labute approximate surface area is 123 Å². The van der Waals surface area contributed by atoms with E-state index >= 15 is 0 Å². The zero-order valence-corrected chi connectivity index (χ0v) is 12.9. The van der Waals surface area contributed by atoms with E-state index in [1.54, 1.807) is 18.9 Å². The number of aromatic carboxylic acids is 1. The van der Waals surface area contributed by atoms with Crippen LogP contribution in [0.3, 0.4) is 0 Å². The lowest BCUT2D eigenvalue weighted by Gasteiger charge is -2.05. The molecule has 112 valence electrons. The first kappa shape index (κ1) is 17.0. The zero-order valence-electron chi connectivity index (χ0n) is 11.2. The number of methoxy groups -OCH3 is 1. The van der Waals surface area contributed by atoms with Crippen LogP contribution in [0.1, 0.15) is 16.8 Å². The van der Waals surface area contributed by atoms with Crippen LogP contribution in [-0.4, -0.2) is 50.5 Å². The highest BCUT2D eigenvalue weighted by Crippen LogP contribution is 2.15. The second-order valence-electron chi connectivity index (χ2n) is 4.11. The quantitative estimate of drug-likeness (QED) is 0.701. The van der Waals surface area contributed by atoms with E-state index in [2.05, 4.69) is 0 Å². The van der Waals surface area contributed by atoms with Gasteiger partial charge in [0, 0.05) is 19.5 Å². The van der Waals surface area contributed by atoms with E-state index in [1.807, 2.05) is 0 Å². The Morgan fingerprint density at radius 1 is 1.35 bits per heavy atom. The zero-order chi connectivity index (χ0) is 15.0. The van der Waals surface area contributed by atoms with Gasteiger partial charge in [-0.3, -0.25) is 0 Å². The van der Waals surface area contributed by atoms with Crippen LogP contribution in [0.4, 0.5) is 0 Å². The molecule has 0 amide bonds. The van der Waals surface area contributed by atoms with Crippen LogP contribution in [0, 0.1) is 0 Å². The Morgan fingerprint density at radius 3 is 2.75 bits per heavy atom. The summed E-state index contributed by atoms with van der Waals surface area (Å²) in [7, 11) is -1.79. The first-order chi connectivity index (χ1) is 9.47. The standard InChI is InChI=1S/C13H18O5S2/c1-18-6-3-7-19-8-9-20(16,17)12-5-2-4-11(10-12)13(14)15/h2,4-5,10H,3,6-9H2,1H3,(H,14,15). The third kappa shape index (κ3) is 5.52. The molecule has 1 aromatic carbocycles. The summed E-state index contributed by atoms with van der Waals surface area (Å²) in [5.74, 6) is 0.214. The fourth-order valence-electron chi connectivity index (χ4n) is 1.52. The molecule has 0 atom stereocenters. The first-order valence-corrected chi connectivity index (χ1v) is 8.91. The second kappa shape index (κ2) is 8.28. The van der Waals surface area contributed by atoms with Crippen LogP contribution >= 0.6 is 11.8 Å². The summed E-state index contributed by atoms with van der Waals surface area (Å²) in [6, 6.07) is 5.45. The molecule has 0 aliphatic heterocycles. The van der Waals surface area contributed by atoms with Gasteiger partial charge in [-0.05, 0) is 30.4 Å². The molecular formula is C13H18O5S2. The summed E-state index contributed by atoms with van der Waals surface area (Å²) < 4.78 is 29.0. The number of rotatable bonds is 9. The number of carboxylic acids is 1. The fourth-order valence-corrected chi connectivity index (χ4v) is 4.22. The van der Waals surface area contributed by atoms with Crippen LogP contribution in [0.2, 0.25) is 0 Å². The molecule has 7 heteroatoms. The van der Waals surface area contributed by atoms with E-state index in [9.17, 15) is 13.2 Å². The molecule has 0 spiro atoms. The predicted molar refractivity (Wildman–Crippen MR) is 79.3 cm³/mol. The molecule has 0 saturated heterocycles. The van der Waals surface area contributed by atoms with Gasteiger partial charge in [-0.25, -0.2) is 13.2 Å². The molecule has 1 aromatic rings. The van der Waals surface area contributed by atoms with Crippen molar-refractivity contribution in [2.24, 2.45) is 0 Å². The second-order valence-corrected chi connectivity index (χ2v) is 7.44. The van der Waals surface area contributed by atoms with Crippen molar-refractivity contribution in [3.8, 4) is 0 Å². The van der Waals surface area contributed by atoms with Gasteiger partial charge in [-0.2, -0.15) is 11.8 Å². The van der Waals surface area contributed by atoms with Crippen LogP contribution < -0.4 is 0 Å². The molecule has 0 heterocycles. The Kier molecular flexibility index (Phi) is 7.04. The number of carbonyl (C=O) groups is 1. The summed E-state index contributed by atoms with van der Waals surface area (Å²) in [6.45, 7) is 0.667. The molecule has 0 bridgehead atoms. The van der Waals surface area contributed by atoms with Crippen molar-refractivity contribution in [2.45, 2.75) is 11.3 Å². The molecule has 1 N–H and O–H groups in total. The molecule has 0 unspecified atom stereocenters. The van der Waals surface area contributed by atoms with Crippen molar-refractivity contribution in [3.63, 3.8) is 0 Å². The highest BCUT2D eigenvalue weighted by molar-refractivity contribution is 8.00. The van der Waals surface area contributed by atoms with E-state index in [4.69, 9.17) is 9.84 Å². The van der Waals surface area contributed by atoms with Crippen molar-refractivity contribution in [3.05, 3.63) is 29.8 Å². The molecule has 0 fully saturated rings. The Bertz CT molecular complexity index is 539. The minimum atomic E-state index is -3.42. The smallest absolute Gasteiger partial charge is 0.335 e. The van der Waals surface area contributed by atoms with Gasteiger partial charge in [-0.1, -0.05) is 6.07 Å². The van der Waals surface area contributed by atoms with Crippen molar-refractivity contribution in [1.29, 1.82) is 0 Å². The van der Waals surface area contributed by atoms with Gasteiger partial charge in [-0.15, -0.1) is 0 Å². The van der Waals surface area contributed by atoms with E-state index in [0.29, 0.717) is 12.4 Å². The van der Waals surface area contributed by atoms with E-state index in [-0.39, 0.29) is 16.2 Å². The lowest BCUT2D eigenvalue weighted by atomic mass is 10.2. The molecule has 0 aliphatic rings. The minimum absolute atomic E-state index is 0.00766. The monoisotopic (exact) mass is 318 g/mol. The van der Waals surface area contributed by atoms with Crippen LogP contribution in [0.5, 0.6) is 0 Å². The van der Waals surface area contributed by atoms with Crippen molar-refractivity contribution in [1.82, 2.24) is 0 Å². The lowest BCUT2D eigenvalue weighted by molar-refractivity contribution is 0.0696. The Balaban J connectivity index is 2.56. The molecule has 0 aromatic heterocycles. The summed E-state index contributed by atoms with van der Waals surface area (Å²) >= 11 is 1.55. The van der Waals surface area contributed by atoms with Crippen molar-refractivity contribution in [2.75, 3.05) is 31.0 Å². The van der Waals surface area contributed by atoms with Gasteiger partial charge in [0.1, 0.15) is 0 Å². The third-order valence-electron chi connectivity index (χ3n) is 2.57. The van der Waals surface area contributed by atoms with Gasteiger partial charge >= 0.3 is 5.97 Å². The lowest BCUT2D eigenvalue weighted by Crippen LogP contribution is -2.10. The van der Waals surface area contributed by atoms with Crippen LogP contribution in [0.25, 0.3) is 0 Å². The topological polar surface area (TPSA) is 80.7 Å². The number of benzene rings is 1. The predicted octanol–water partition coefficient (Wildman–Crippen LogP) is 1.93. The van der Waals surface area contributed by atoms with Crippen LogP contribution in [0.15, 0.2) is 29.2 Å². The summed E-state index contributed by atoms with van der Waals surface area (Å²) in [5, 5.41) is 8.86. The average Bonchev–Trinajstić information content (AvgIpc) is 2.43. The number of sulfone groups is 1. The molecular weight excluding hydrogens is 300 g/mol. The summed E-state index contributed by atoms with van der Waals surface area (Å²) in [6.07, 6.45) is 0.885. The van der Waals surface area contributed by atoms with E-state index in [0.717, 1.165) is 12.2 Å². The number of thioether (sulfide) groups is 1. The first-order valence-electron chi connectivity index (χ1n) is 6.10. The highest BCUT2D eigenvalue weighted by atomic mass is 32.2. The maximum absolute atomic E-state index is 12.1. The third-order valence-corrected chi connectivity index (χ3v) is 5.62. The number of hydrogen-bond acceptors (Lipinski definition) is 5. The number of carboxylic acid groups (broad SMARTS) is 1. The molecule has 5 nitrogen and oxygen atoms in total. The maximum Gasteiger partial charge on any atom is 0.335 e. The van der Waals surface area contributed by atoms with E-state index < -0.39 is 15.8 Å². The van der Waals surface area contributed by atoms with Gasteiger partial charge in [0.2, 0.25) is 0 Å². The van der Waals surface area contributed by atoms with Gasteiger partial charge in [0.25, 0.3) is 0 Å². The Morgan fingerprint density at radius 2 is 2.10 bits per heavy atom. The number of hydrogen-bond donors (Lipinski definition) is 1. The van der Waals surface area contributed by atoms with Gasteiger partial charge in [0.05, 0.1) is 16.2 Å². The fraction of sp³-hybridized carbons (Fsp3) is 0.462. The molecule has 20 heavy (non-hydrogen) atoms. The molecule has 0 saturated carbocycles. The largest absolute Gasteiger partial charge is 0.478 e. The number of ether oxygens (including phenoxy) is 1. The molecule has 0 aliphatic carbocycles. The van der Waals surface area contributed by atoms with Crippen molar-refractivity contribution < 1.29 is 23.1 Å². The van der Waals surface area contributed by atoms with Gasteiger partial charge < -0.3 is 9.84 Å². The summed E-state index contributed by atoms with van der Waals surface area (Å²) in [5.41, 5.74) is -0.0150. The van der Waals surface area contributed by atoms with Crippen molar-refractivity contribution >= 4 is 27.6 Å². The minimum Gasteiger partial charge on any atom is -0.478 e. The molecule has 0 radical (unpaired) electrons. The van der Waals surface area contributed by atoms with E-state index in [1.165, 1.54) is 24.3 Å². The van der Waals surface area contributed by atoms with Gasteiger partial charge in [0.15, 0.2) is 9.84 Å². The average molecular weight is 318 g/mol. The highest BCUT2D eigenvalue weighted by Gasteiger charge is 2.16.